The van der Waals surface area contributed by atoms with Gasteiger partial charge in [0.05, 0.1) is 50.7 Å². The fraction of sp³-hybridized carbons (Fsp3) is 0.438. The van der Waals surface area contributed by atoms with Gasteiger partial charge in [0.15, 0.2) is 0 Å². The number of piperazine rings is 1. The van der Waals surface area contributed by atoms with Gasteiger partial charge in [0.1, 0.15) is 0 Å². The molecule has 23 heavy (non-hydrogen) atoms. The number of carbonyl (C=O) groups is 1. The van der Waals surface area contributed by atoms with Gasteiger partial charge < -0.3 is 4.90 Å². The lowest BCUT2D eigenvalue weighted by atomic mass is 10.1. The molecule has 2 N–H and O–H groups in total. The van der Waals surface area contributed by atoms with Gasteiger partial charge in [-0.25, -0.2) is 9.69 Å². The van der Waals surface area contributed by atoms with E-state index in [1.54, 1.807) is 13.1 Å². The fourth-order valence-corrected chi connectivity index (χ4v) is 2.87. The number of aromatic nitrogens is 2. The molecule has 0 aliphatic carbocycles. The summed E-state index contributed by atoms with van der Waals surface area (Å²) in [6.45, 7) is 3.72. The number of fused-ring (bicyclic) bond motifs is 1. The second kappa shape index (κ2) is 6.47. The summed E-state index contributed by atoms with van der Waals surface area (Å²) in [5.74, 6) is -0.0964. The molecule has 122 valence electrons. The maximum Gasteiger partial charge on any atom is 0.274 e. The van der Waals surface area contributed by atoms with Crippen LogP contribution in [0.4, 0.5) is 0 Å². The van der Waals surface area contributed by atoms with Gasteiger partial charge in [0.25, 0.3) is 5.56 Å². The average molecular weight is 316 g/mol. The highest BCUT2D eigenvalue weighted by molar-refractivity contribution is 5.88. The van der Waals surface area contributed by atoms with Gasteiger partial charge in [-0.3, -0.25) is 15.0 Å². The first kappa shape index (κ1) is 15.6. The average Bonchev–Trinajstić information content (AvgIpc) is 2.54. The maximum atomic E-state index is 12.3. The Hall–Kier alpha value is -2.25. The standard InChI is InChI=1S/C16H21N5O2/c1-19-7-9-21(10-8-19)18-15(22)11-14-12-5-3-4-6-13(12)16(23)20(2)17-14/h3-6H,7-11H2,1-2H3,(H,18,22)/p+1. The van der Waals surface area contributed by atoms with E-state index in [0.29, 0.717) is 11.1 Å². The molecular formula is C16H22N5O2+. The van der Waals surface area contributed by atoms with Crippen LogP contribution in [0.15, 0.2) is 29.1 Å². The van der Waals surface area contributed by atoms with Crippen molar-refractivity contribution in [3.63, 3.8) is 0 Å². The highest BCUT2D eigenvalue weighted by Gasteiger charge is 2.19. The Morgan fingerprint density at radius 2 is 1.91 bits per heavy atom. The third-order valence-corrected chi connectivity index (χ3v) is 4.26. The molecule has 0 spiro atoms. The van der Waals surface area contributed by atoms with Crippen molar-refractivity contribution in [2.45, 2.75) is 6.42 Å². The van der Waals surface area contributed by atoms with Gasteiger partial charge in [0, 0.05) is 12.4 Å². The lowest BCUT2D eigenvalue weighted by Crippen LogP contribution is -3.12. The summed E-state index contributed by atoms with van der Waals surface area (Å²) in [5, 5.41) is 7.56. The number of amides is 1. The minimum absolute atomic E-state index is 0.0964. The molecule has 1 aromatic heterocycles. The van der Waals surface area contributed by atoms with Crippen LogP contribution in [0, 0.1) is 0 Å². The monoisotopic (exact) mass is 316 g/mol. The molecule has 1 aliphatic rings. The number of carbonyl (C=O) groups excluding carboxylic acids is 1. The van der Waals surface area contributed by atoms with E-state index >= 15 is 0 Å². The number of benzene rings is 1. The van der Waals surface area contributed by atoms with Gasteiger partial charge in [-0.15, -0.1) is 0 Å². The third kappa shape index (κ3) is 3.40. The van der Waals surface area contributed by atoms with Crippen LogP contribution < -0.4 is 15.9 Å². The Labute approximate surface area is 134 Å². The van der Waals surface area contributed by atoms with Gasteiger partial charge >= 0.3 is 0 Å². The van der Waals surface area contributed by atoms with Crippen molar-refractivity contribution in [3.8, 4) is 0 Å². The predicted molar refractivity (Wildman–Crippen MR) is 87.0 cm³/mol. The number of quaternary nitrogens is 1. The Kier molecular flexibility index (Phi) is 4.40. The van der Waals surface area contributed by atoms with Crippen molar-refractivity contribution >= 4 is 16.7 Å². The SMILES string of the molecule is Cn1nc(CC(=O)NN2CC[NH+](C)CC2)c2ccccc2c1=O. The number of hydrogen-bond donors (Lipinski definition) is 2. The van der Waals surface area contributed by atoms with E-state index in [1.807, 2.05) is 23.2 Å². The Morgan fingerprint density at radius 1 is 1.26 bits per heavy atom. The molecule has 0 unspecified atom stereocenters. The van der Waals surface area contributed by atoms with E-state index in [2.05, 4.69) is 17.6 Å². The summed E-state index contributed by atoms with van der Waals surface area (Å²) in [6.07, 6.45) is 0.161. The molecule has 1 fully saturated rings. The smallest absolute Gasteiger partial charge is 0.274 e. The Morgan fingerprint density at radius 3 is 2.61 bits per heavy atom. The highest BCUT2D eigenvalue weighted by Crippen LogP contribution is 2.13. The number of nitrogens with zero attached hydrogens (tertiary/aromatic N) is 3. The van der Waals surface area contributed by atoms with Crippen molar-refractivity contribution in [1.29, 1.82) is 0 Å². The molecule has 2 aromatic rings. The maximum absolute atomic E-state index is 12.3. The van der Waals surface area contributed by atoms with Crippen LogP contribution in [0.1, 0.15) is 5.69 Å². The number of aryl methyl sites for hydroxylation is 1. The van der Waals surface area contributed by atoms with Crippen LogP contribution in [0.5, 0.6) is 0 Å². The van der Waals surface area contributed by atoms with E-state index in [4.69, 9.17) is 0 Å². The second-order valence-corrected chi connectivity index (χ2v) is 6.08. The number of nitrogens with one attached hydrogen (secondary N) is 2. The van der Waals surface area contributed by atoms with Gasteiger partial charge in [-0.05, 0) is 6.07 Å². The minimum atomic E-state index is -0.146. The summed E-state index contributed by atoms with van der Waals surface area (Å²) in [6, 6.07) is 7.28. The van der Waals surface area contributed by atoms with Crippen LogP contribution in [-0.2, 0) is 18.3 Å². The summed E-state index contributed by atoms with van der Waals surface area (Å²) in [5.41, 5.74) is 3.42. The largest absolute Gasteiger partial charge is 0.335 e. The highest BCUT2D eigenvalue weighted by atomic mass is 16.2. The molecule has 1 amide bonds. The first-order chi connectivity index (χ1) is 11.0. The van der Waals surface area contributed by atoms with Gasteiger partial charge in [-0.1, -0.05) is 18.2 Å². The zero-order chi connectivity index (χ0) is 16.4. The first-order valence-electron chi connectivity index (χ1n) is 7.85. The third-order valence-electron chi connectivity index (χ3n) is 4.26. The van der Waals surface area contributed by atoms with E-state index in [0.717, 1.165) is 31.6 Å². The molecule has 0 bridgehead atoms. The van der Waals surface area contributed by atoms with Crippen LogP contribution in [-0.4, -0.2) is 53.9 Å². The van der Waals surface area contributed by atoms with Crippen molar-refractivity contribution in [1.82, 2.24) is 20.2 Å². The first-order valence-corrected chi connectivity index (χ1v) is 7.85. The number of hydrogen-bond acceptors (Lipinski definition) is 4. The van der Waals surface area contributed by atoms with E-state index in [9.17, 15) is 9.59 Å². The minimum Gasteiger partial charge on any atom is -0.335 e. The number of likely N-dealkylation sites (N-methyl/N-ethyl adjacent to an activating group) is 1. The summed E-state index contributed by atoms with van der Waals surface area (Å²) in [4.78, 5) is 25.9. The zero-order valence-corrected chi connectivity index (χ0v) is 13.5. The molecule has 0 atom stereocenters. The number of hydrazine groups is 1. The van der Waals surface area contributed by atoms with Crippen LogP contribution in [0.3, 0.4) is 0 Å². The Bertz CT molecular complexity index is 778. The van der Waals surface area contributed by atoms with E-state index in [1.165, 1.54) is 9.58 Å². The summed E-state index contributed by atoms with van der Waals surface area (Å²) >= 11 is 0. The van der Waals surface area contributed by atoms with Crippen LogP contribution >= 0.6 is 0 Å². The van der Waals surface area contributed by atoms with Crippen molar-refractivity contribution in [3.05, 3.63) is 40.3 Å². The quantitative estimate of drug-likeness (QED) is 0.711. The lowest BCUT2D eigenvalue weighted by molar-refractivity contribution is -0.884. The molecule has 0 saturated carbocycles. The predicted octanol–water partition coefficient (Wildman–Crippen LogP) is -1.66. The van der Waals surface area contributed by atoms with Crippen molar-refractivity contribution in [2.24, 2.45) is 7.05 Å². The molecule has 1 aliphatic heterocycles. The van der Waals surface area contributed by atoms with Crippen molar-refractivity contribution in [2.75, 3.05) is 33.2 Å². The molecule has 0 radical (unpaired) electrons. The van der Waals surface area contributed by atoms with Gasteiger partial charge in [-0.2, -0.15) is 5.10 Å². The fourth-order valence-electron chi connectivity index (χ4n) is 2.87. The normalized spacial score (nSPS) is 16.6. The Balaban J connectivity index is 1.77. The summed E-state index contributed by atoms with van der Waals surface area (Å²) < 4.78 is 1.30. The van der Waals surface area contributed by atoms with E-state index in [-0.39, 0.29) is 17.9 Å². The molecular weight excluding hydrogens is 294 g/mol. The molecule has 3 rings (SSSR count). The molecule has 1 saturated heterocycles. The molecule has 2 heterocycles. The zero-order valence-electron chi connectivity index (χ0n) is 13.5. The number of rotatable bonds is 3. The van der Waals surface area contributed by atoms with Crippen molar-refractivity contribution < 1.29 is 9.69 Å². The second-order valence-electron chi connectivity index (χ2n) is 6.08. The topological polar surface area (TPSA) is 71.7 Å². The molecule has 1 aromatic carbocycles. The van der Waals surface area contributed by atoms with Crippen LogP contribution in [0.2, 0.25) is 0 Å². The summed E-state index contributed by atoms with van der Waals surface area (Å²) in [7, 11) is 3.76. The van der Waals surface area contributed by atoms with Crippen LogP contribution in [0.25, 0.3) is 10.8 Å². The molecule has 7 heteroatoms. The lowest BCUT2D eigenvalue weighted by Gasteiger charge is -2.30. The van der Waals surface area contributed by atoms with E-state index < -0.39 is 0 Å². The van der Waals surface area contributed by atoms with Gasteiger partial charge in [0.2, 0.25) is 5.91 Å². The molecule has 7 nitrogen and oxygen atoms in total.